The zero-order chi connectivity index (χ0) is 20.8. The van der Waals surface area contributed by atoms with E-state index in [1.807, 2.05) is 30.5 Å². The van der Waals surface area contributed by atoms with Gasteiger partial charge in [0, 0.05) is 31.3 Å². The first-order chi connectivity index (χ1) is 14.8. The highest BCUT2D eigenvalue weighted by Gasteiger charge is 2.28. The van der Waals surface area contributed by atoms with Gasteiger partial charge in [-0.05, 0) is 28.5 Å². The van der Waals surface area contributed by atoms with Gasteiger partial charge in [-0.15, -0.1) is 0 Å². The van der Waals surface area contributed by atoms with Crippen molar-refractivity contribution in [2.45, 2.75) is 17.5 Å². The number of alkyl carbamates (subject to hydrolysis) is 1. The first kappa shape index (κ1) is 20.0. The van der Waals surface area contributed by atoms with Crippen LogP contribution in [-0.2, 0) is 4.74 Å². The second-order valence-corrected chi connectivity index (χ2v) is 7.54. The number of hydrogen-bond acceptors (Lipinski definition) is 5. The lowest BCUT2D eigenvalue weighted by molar-refractivity contribution is 0.143. The van der Waals surface area contributed by atoms with E-state index in [1.54, 1.807) is 12.4 Å². The average molecular weight is 416 g/mol. The monoisotopic (exact) mass is 415 g/mol. The number of nitrogens with one attached hydrogen (secondary N) is 1. The van der Waals surface area contributed by atoms with Crippen LogP contribution in [0.4, 0.5) is 4.79 Å². The fraction of sp³-hybridized carbons (Fsp3) is 0.208. The van der Waals surface area contributed by atoms with Gasteiger partial charge in [-0.2, -0.15) is 0 Å². The molecule has 1 aliphatic rings. The van der Waals surface area contributed by atoms with Gasteiger partial charge in [0.1, 0.15) is 6.61 Å². The summed E-state index contributed by atoms with van der Waals surface area (Å²) >= 11 is 1.49. The van der Waals surface area contributed by atoms with Crippen molar-refractivity contribution in [1.82, 2.24) is 15.3 Å². The number of nitrogens with zero attached hydrogens (tertiary/aromatic N) is 2. The number of thioether (sulfide) groups is 1. The topological polar surface area (TPSA) is 64.1 Å². The van der Waals surface area contributed by atoms with E-state index in [2.05, 4.69) is 51.4 Å². The highest BCUT2D eigenvalue weighted by molar-refractivity contribution is 7.98. The van der Waals surface area contributed by atoms with Crippen molar-refractivity contribution in [3.63, 3.8) is 0 Å². The Morgan fingerprint density at radius 3 is 2.33 bits per heavy atom. The molecule has 0 saturated heterocycles. The highest BCUT2D eigenvalue weighted by atomic mass is 32.2. The van der Waals surface area contributed by atoms with Crippen LogP contribution in [-0.4, -0.2) is 35.5 Å². The summed E-state index contributed by atoms with van der Waals surface area (Å²) in [5.74, 6) is 6.06. The number of rotatable bonds is 5. The lowest BCUT2D eigenvalue weighted by Gasteiger charge is -2.14. The summed E-state index contributed by atoms with van der Waals surface area (Å²) < 4.78 is 5.51. The lowest BCUT2D eigenvalue weighted by atomic mass is 9.98. The molecule has 0 fully saturated rings. The summed E-state index contributed by atoms with van der Waals surface area (Å²) in [6.07, 6.45) is 5.42. The Balaban J connectivity index is 1.27. The molecule has 0 bridgehead atoms. The predicted molar refractivity (Wildman–Crippen MR) is 118 cm³/mol. The molecule has 0 radical (unpaired) electrons. The summed E-state index contributed by atoms with van der Waals surface area (Å²) in [7, 11) is 0. The maximum Gasteiger partial charge on any atom is 0.407 e. The molecule has 0 saturated carbocycles. The van der Waals surface area contributed by atoms with E-state index in [-0.39, 0.29) is 5.92 Å². The number of benzene rings is 2. The number of aromatic nitrogens is 2. The minimum Gasteiger partial charge on any atom is -0.449 e. The molecule has 0 unspecified atom stereocenters. The van der Waals surface area contributed by atoms with Gasteiger partial charge in [-0.1, -0.05) is 72.1 Å². The van der Waals surface area contributed by atoms with Crippen LogP contribution in [0.2, 0.25) is 0 Å². The fourth-order valence-corrected chi connectivity index (χ4v) is 3.84. The number of carbonyl (C=O) groups is 1. The maximum atomic E-state index is 12.1. The molecule has 0 aliphatic heterocycles. The van der Waals surface area contributed by atoms with E-state index in [0.717, 1.165) is 10.7 Å². The Morgan fingerprint density at radius 2 is 1.70 bits per heavy atom. The van der Waals surface area contributed by atoms with Crippen molar-refractivity contribution >= 4 is 17.9 Å². The van der Waals surface area contributed by atoms with Crippen molar-refractivity contribution < 1.29 is 9.53 Å². The molecule has 3 aromatic rings. The fourth-order valence-electron chi connectivity index (χ4n) is 3.53. The van der Waals surface area contributed by atoms with Crippen LogP contribution >= 0.6 is 11.8 Å². The van der Waals surface area contributed by atoms with Crippen LogP contribution < -0.4 is 5.32 Å². The minimum absolute atomic E-state index is 0.0622. The number of ether oxygens (including phenoxy) is 1. The maximum absolute atomic E-state index is 12.1. The number of amides is 1. The van der Waals surface area contributed by atoms with Crippen molar-refractivity contribution in [2.24, 2.45) is 0 Å². The van der Waals surface area contributed by atoms with Gasteiger partial charge in [0.2, 0.25) is 0 Å². The summed E-state index contributed by atoms with van der Waals surface area (Å²) in [4.78, 5) is 20.5. The standard InChI is InChI=1S/C24H21N3O2S/c1-30-23-26-14-17(15-27-23)8-6-7-13-25-24(28)29-16-22-20-11-4-2-9-18(20)19-10-3-5-12-21(19)22/h2-5,9-12,14-15,22H,7,13,16H2,1H3,(H,25,28). The molecule has 4 rings (SSSR count). The molecule has 30 heavy (non-hydrogen) atoms. The number of hydrogen-bond donors (Lipinski definition) is 1. The summed E-state index contributed by atoms with van der Waals surface area (Å²) in [5.41, 5.74) is 5.59. The average Bonchev–Trinajstić information content (AvgIpc) is 3.12. The SMILES string of the molecule is CSc1ncc(C#CCCNC(=O)OCC2c3ccccc3-c3ccccc32)cn1. The molecule has 1 heterocycles. The Hall–Kier alpha value is -3.30. The molecule has 1 amide bonds. The second-order valence-electron chi connectivity index (χ2n) is 6.76. The number of fused-ring (bicyclic) bond motifs is 3. The van der Waals surface area contributed by atoms with Gasteiger partial charge in [0.25, 0.3) is 0 Å². The molecule has 1 N–H and O–H groups in total. The lowest BCUT2D eigenvalue weighted by Crippen LogP contribution is -2.26. The zero-order valence-electron chi connectivity index (χ0n) is 16.6. The first-order valence-corrected chi connectivity index (χ1v) is 10.9. The van der Waals surface area contributed by atoms with Crippen LogP contribution in [0.3, 0.4) is 0 Å². The zero-order valence-corrected chi connectivity index (χ0v) is 17.4. The third-order valence-corrected chi connectivity index (χ3v) is 5.48. The largest absolute Gasteiger partial charge is 0.449 e. The molecule has 150 valence electrons. The van der Waals surface area contributed by atoms with Crippen molar-refractivity contribution in [3.05, 3.63) is 77.6 Å². The van der Waals surface area contributed by atoms with Crippen molar-refractivity contribution in [1.29, 1.82) is 0 Å². The van der Waals surface area contributed by atoms with E-state index >= 15 is 0 Å². The highest BCUT2D eigenvalue weighted by Crippen LogP contribution is 2.44. The van der Waals surface area contributed by atoms with Crippen molar-refractivity contribution in [2.75, 3.05) is 19.4 Å². The molecule has 5 nitrogen and oxygen atoms in total. The minimum atomic E-state index is -0.425. The van der Waals surface area contributed by atoms with Crippen LogP contribution in [0, 0.1) is 11.8 Å². The summed E-state index contributed by atoms with van der Waals surface area (Å²) in [6, 6.07) is 16.6. The van der Waals surface area contributed by atoms with E-state index < -0.39 is 6.09 Å². The van der Waals surface area contributed by atoms with Gasteiger partial charge in [-0.3, -0.25) is 0 Å². The molecule has 0 atom stereocenters. The summed E-state index contributed by atoms with van der Waals surface area (Å²) in [5, 5.41) is 3.48. The van der Waals surface area contributed by atoms with Gasteiger partial charge in [0.15, 0.2) is 5.16 Å². The third kappa shape index (κ3) is 4.47. The van der Waals surface area contributed by atoms with E-state index in [4.69, 9.17) is 4.74 Å². The van der Waals surface area contributed by atoms with E-state index in [1.165, 1.54) is 34.0 Å². The van der Waals surface area contributed by atoms with Gasteiger partial charge >= 0.3 is 6.09 Å². The molecular formula is C24H21N3O2S. The Morgan fingerprint density at radius 1 is 1.07 bits per heavy atom. The predicted octanol–water partition coefficient (Wildman–Crippen LogP) is 4.48. The van der Waals surface area contributed by atoms with Crippen LogP contribution in [0.1, 0.15) is 29.0 Å². The van der Waals surface area contributed by atoms with E-state index in [9.17, 15) is 4.79 Å². The normalized spacial score (nSPS) is 11.8. The van der Waals surface area contributed by atoms with Gasteiger partial charge in [0.05, 0.1) is 5.56 Å². The second kappa shape index (κ2) is 9.47. The van der Waals surface area contributed by atoms with Crippen LogP contribution in [0.5, 0.6) is 0 Å². The molecular weight excluding hydrogens is 394 g/mol. The summed E-state index contributed by atoms with van der Waals surface area (Å²) in [6.45, 7) is 0.734. The van der Waals surface area contributed by atoms with E-state index in [0.29, 0.717) is 19.6 Å². The quantitative estimate of drug-likeness (QED) is 0.288. The van der Waals surface area contributed by atoms with Crippen LogP contribution in [0.15, 0.2) is 66.1 Å². The first-order valence-electron chi connectivity index (χ1n) is 9.70. The van der Waals surface area contributed by atoms with Gasteiger partial charge < -0.3 is 10.1 Å². The molecule has 1 aromatic heterocycles. The molecule has 2 aromatic carbocycles. The van der Waals surface area contributed by atoms with Crippen LogP contribution in [0.25, 0.3) is 11.1 Å². The smallest absolute Gasteiger partial charge is 0.407 e. The third-order valence-electron chi connectivity index (χ3n) is 4.91. The van der Waals surface area contributed by atoms with Crippen molar-refractivity contribution in [3.8, 4) is 23.0 Å². The number of carbonyl (C=O) groups excluding carboxylic acids is 1. The molecule has 1 aliphatic carbocycles. The molecule has 6 heteroatoms. The Bertz CT molecular complexity index is 1060. The Labute approximate surface area is 180 Å². The Kier molecular flexibility index (Phi) is 6.31. The van der Waals surface area contributed by atoms with Gasteiger partial charge in [-0.25, -0.2) is 14.8 Å². The molecule has 0 spiro atoms.